The maximum Gasteiger partial charge on any atom is 0.391 e. The average Bonchev–Trinajstić information content (AvgIpc) is 2.51. The van der Waals surface area contributed by atoms with E-state index in [1.54, 1.807) is 24.3 Å². The van der Waals surface area contributed by atoms with Gasteiger partial charge in [0.05, 0.1) is 34.4 Å². The molecule has 0 fully saturated rings. The summed E-state index contributed by atoms with van der Waals surface area (Å²) in [6.45, 7) is 7.38. The average molecular weight is 304 g/mol. The Bertz CT molecular complexity index is 779. The molecule has 0 aliphatic heterocycles. The van der Waals surface area contributed by atoms with Crippen molar-refractivity contribution in [2.24, 2.45) is 0 Å². The van der Waals surface area contributed by atoms with E-state index in [2.05, 4.69) is 16.7 Å². The Balaban J connectivity index is 2.74. The van der Waals surface area contributed by atoms with Gasteiger partial charge in [0, 0.05) is 0 Å². The van der Waals surface area contributed by atoms with Crippen LogP contribution in [0, 0.1) is 50.4 Å². The number of nitrogens with zero attached hydrogens (tertiary/aromatic N) is 2. The van der Waals surface area contributed by atoms with Crippen molar-refractivity contribution in [3.05, 3.63) is 68.8 Å². The van der Waals surface area contributed by atoms with E-state index in [0.717, 1.165) is 22.3 Å². The first-order valence-corrected chi connectivity index (χ1v) is 7.13. The van der Waals surface area contributed by atoms with E-state index in [0.29, 0.717) is 22.3 Å². The molecule has 4 heteroatoms. The zero-order chi connectivity index (χ0) is 17.1. The molecule has 0 amide bonds. The van der Waals surface area contributed by atoms with Crippen molar-refractivity contribution in [3.8, 4) is 12.1 Å². The molecule has 2 aromatic rings. The molecule has 0 aliphatic rings. The zero-order valence-corrected chi connectivity index (χ0v) is 13.5. The third-order valence-corrected chi connectivity index (χ3v) is 3.86. The molecule has 23 heavy (non-hydrogen) atoms. The first-order chi connectivity index (χ1) is 10.9. The smallest absolute Gasteiger partial charge is 0.391 e. The lowest BCUT2D eigenvalue weighted by atomic mass is 9.88. The van der Waals surface area contributed by atoms with Gasteiger partial charge in [0.1, 0.15) is 0 Å². The number of nitriles is 2. The highest BCUT2D eigenvalue weighted by atomic mass is 17.1. The van der Waals surface area contributed by atoms with Crippen LogP contribution in [0.3, 0.4) is 0 Å². The molecule has 0 radical (unpaired) electrons. The number of hydrogen-bond donors (Lipinski definition) is 0. The SMILES string of the molecule is Cc1cc(C#N)cc(C)c1C(=[O+][O-])c1c(C)cc(C#N)cc1C. The predicted octanol–water partition coefficient (Wildman–Crippen LogP) is 2.71. The van der Waals surface area contributed by atoms with E-state index in [-0.39, 0.29) is 5.78 Å². The van der Waals surface area contributed by atoms with Gasteiger partial charge in [0.15, 0.2) is 0 Å². The molecular weight excluding hydrogens is 288 g/mol. The molecule has 4 nitrogen and oxygen atoms in total. The molecule has 0 aliphatic carbocycles. The normalized spacial score (nSPS) is 9.83. The Hall–Kier alpha value is -3.11. The molecule has 0 saturated carbocycles. The lowest BCUT2D eigenvalue weighted by Crippen LogP contribution is -2.16. The first kappa shape index (κ1) is 16.3. The molecule has 0 aromatic heterocycles. The summed E-state index contributed by atoms with van der Waals surface area (Å²) >= 11 is 0. The van der Waals surface area contributed by atoms with E-state index in [4.69, 9.17) is 10.5 Å². The van der Waals surface area contributed by atoms with E-state index in [9.17, 15) is 5.26 Å². The predicted molar refractivity (Wildman–Crippen MR) is 84.7 cm³/mol. The van der Waals surface area contributed by atoms with Crippen molar-refractivity contribution in [3.63, 3.8) is 0 Å². The molecule has 0 unspecified atom stereocenters. The van der Waals surface area contributed by atoms with Crippen LogP contribution in [0.4, 0.5) is 0 Å². The van der Waals surface area contributed by atoms with Gasteiger partial charge in [0.2, 0.25) is 0 Å². The van der Waals surface area contributed by atoms with Gasteiger partial charge in [-0.05, 0) is 74.2 Å². The fourth-order valence-corrected chi connectivity index (χ4v) is 2.98. The van der Waals surface area contributed by atoms with Crippen LogP contribution >= 0.6 is 0 Å². The van der Waals surface area contributed by atoms with Gasteiger partial charge < -0.3 is 5.26 Å². The second-order valence-corrected chi connectivity index (χ2v) is 5.61. The molecule has 2 aromatic carbocycles. The van der Waals surface area contributed by atoms with Gasteiger partial charge in [-0.15, -0.1) is 0 Å². The summed E-state index contributed by atoms with van der Waals surface area (Å²) in [7, 11) is 0. The van der Waals surface area contributed by atoms with Gasteiger partial charge in [-0.2, -0.15) is 15.1 Å². The van der Waals surface area contributed by atoms with E-state index < -0.39 is 0 Å². The highest BCUT2D eigenvalue weighted by Crippen LogP contribution is 2.25. The minimum Gasteiger partial charge on any atom is -0.462 e. The van der Waals surface area contributed by atoms with E-state index >= 15 is 0 Å². The number of hydrogen-bond acceptors (Lipinski definition) is 3. The Morgan fingerprint density at radius 2 is 1.09 bits per heavy atom. The Morgan fingerprint density at radius 1 is 0.783 bits per heavy atom. The van der Waals surface area contributed by atoms with Crippen molar-refractivity contribution in [1.82, 2.24) is 0 Å². The number of carbonyl (C=O) groups excluding carboxylic acids is 1. The Labute approximate surface area is 135 Å². The van der Waals surface area contributed by atoms with Crippen LogP contribution in [0.1, 0.15) is 49.1 Å². The van der Waals surface area contributed by atoms with Crippen molar-refractivity contribution in [2.75, 3.05) is 0 Å². The summed E-state index contributed by atoms with van der Waals surface area (Å²) in [5, 5.41) is 29.6. The van der Waals surface area contributed by atoms with Crippen molar-refractivity contribution < 1.29 is 9.83 Å². The summed E-state index contributed by atoms with van der Waals surface area (Å²) in [4.78, 5) is 0. The van der Waals surface area contributed by atoms with Gasteiger partial charge in [0.25, 0.3) is 0 Å². The maximum absolute atomic E-state index is 11.5. The van der Waals surface area contributed by atoms with Crippen LogP contribution < -0.4 is 5.26 Å². The third kappa shape index (κ3) is 2.93. The molecule has 0 N–H and O–H groups in total. The summed E-state index contributed by atoms with van der Waals surface area (Å²) in [5.41, 5.74) is 5.67. The fraction of sp³-hybridized carbons (Fsp3) is 0.211. The van der Waals surface area contributed by atoms with Crippen LogP contribution in [0.5, 0.6) is 0 Å². The van der Waals surface area contributed by atoms with Crippen molar-refractivity contribution >= 4 is 5.78 Å². The molecular formula is C19H16N2O2. The highest BCUT2D eigenvalue weighted by Gasteiger charge is 2.27. The van der Waals surface area contributed by atoms with Crippen molar-refractivity contribution in [2.45, 2.75) is 27.7 Å². The number of aryl methyl sites for hydroxylation is 4. The van der Waals surface area contributed by atoms with Crippen molar-refractivity contribution in [1.29, 1.82) is 10.5 Å². The van der Waals surface area contributed by atoms with Crippen LogP contribution in [0.15, 0.2) is 24.3 Å². The largest absolute Gasteiger partial charge is 0.462 e. The Kier molecular flexibility index (Phi) is 4.48. The van der Waals surface area contributed by atoms with Gasteiger partial charge in [-0.1, -0.05) is 0 Å². The highest BCUT2D eigenvalue weighted by molar-refractivity contribution is 6.12. The second kappa shape index (κ2) is 6.34. The molecule has 0 saturated heterocycles. The number of benzene rings is 2. The topological polar surface area (TPSA) is 81.9 Å². The molecule has 114 valence electrons. The standard InChI is InChI=1S/C19H16N2O2/c1-11-5-15(9-20)6-12(2)17(11)19(23-22)18-13(3)7-16(10-21)8-14(18)4/h5-8H,1-4H3. The number of ketones is 1. The van der Waals surface area contributed by atoms with Crippen LogP contribution in [0.25, 0.3) is 0 Å². The molecule has 0 atom stereocenters. The lowest BCUT2D eigenvalue weighted by molar-refractivity contribution is -0.937. The monoisotopic (exact) mass is 304 g/mol. The third-order valence-electron chi connectivity index (χ3n) is 3.86. The minimum atomic E-state index is 0.226. The summed E-state index contributed by atoms with van der Waals surface area (Å²) in [6.07, 6.45) is 0. The molecule has 2 rings (SSSR count). The number of rotatable bonds is 2. The first-order valence-electron chi connectivity index (χ1n) is 7.13. The maximum atomic E-state index is 11.5. The Morgan fingerprint density at radius 3 is 1.30 bits per heavy atom. The second-order valence-electron chi connectivity index (χ2n) is 5.61. The van der Waals surface area contributed by atoms with Gasteiger partial charge in [-0.25, -0.2) is 0 Å². The van der Waals surface area contributed by atoms with Gasteiger partial charge >= 0.3 is 5.78 Å². The molecule has 0 heterocycles. The summed E-state index contributed by atoms with van der Waals surface area (Å²) in [6, 6.07) is 11.1. The molecule has 0 bridgehead atoms. The van der Waals surface area contributed by atoms with Crippen LogP contribution in [-0.4, -0.2) is 5.78 Å². The van der Waals surface area contributed by atoms with Gasteiger partial charge in [-0.3, -0.25) is 0 Å². The fourth-order valence-electron chi connectivity index (χ4n) is 2.98. The van der Waals surface area contributed by atoms with Crippen LogP contribution in [0.2, 0.25) is 0 Å². The van der Waals surface area contributed by atoms with E-state index in [1.807, 2.05) is 27.7 Å². The molecule has 0 spiro atoms. The minimum absolute atomic E-state index is 0.226. The zero-order valence-electron chi connectivity index (χ0n) is 13.5. The lowest BCUT2D eigenvalue weighted by Gasteiger charge is -2.11. The van der Waals surface area contributed by atoms with Crippen LogP contribution in [-0.2, 0) is 0 Å². The van der Waals surface area contributed by atoms with E-state index in [1.165, 1.54) is 0 Å². The quantitative estimate of drug-likeness (QED) is 0.370. The summed E-state index contributed by atoms with van der Waals surface area (Å²) in [5.74, 6) is 0.226. The summed E-state index contributed by atoms with van der Waals surface area (Å²) < 4.78 is 4.49.